The molecule has 2 bridgehead atoms. The topological polar surface area (TPSA) is 54.5 Å². The maximum absolute atomic E-state index is 12.3. The van der Waals surface area contributed by atoms with Crippen LogP contribution in [0, 0.1) is 18.8 Å². The largest absolute Gasteiger partial charge is 0.389 e. The molecule has 1 N–H and O–H groups in total. The number of carbonyl (C=O) groups is 1. The molecule has 1 aromatic heterocycles. The number of nitrogens with one attached hydrogen (secondary N) is 1. The maximum atomic E-state index is 12.3. The van der Waals surface area contributed by atoms with Crippen molar-refractivity contribution in [1.29, 1.82) is 0 Å². The molecule has 1 amide bonds. The van der Waals surface area contributed by atoms with Crippen LogP contribution in [0.15, 0.2) is 18.3 Å². The highest BCUT2D eigenvalue weighted by Gasteiger charge is 2.63. The number of ether oxygens (including phenoxy) is 1. The number of aromatic nitrogens is 1. The van der Waals surface area contributed by atoms with Gasteiger partial charge in [0.05, 0.1) is 18.1 Å². The molecule has 3 fully saturated rings. The van der Waals surface area contributed by atoms with Crippen LogP contribution >= 0.6 is 0 Å². The first-order valence-corrected chi connectivity index (χ1v) is 9.45. The van der Waals surface area contributed by atoms with Crippen LogP contribution in [0.3, 0.4) is 0 Å². The summed E-state index contributed by atoms with van der Waals surface area (Å²) in [7, 11) is 0. The van der Waals surface area contributed by atoms with Crippen LogP contribution in [0.2, 0.25) is 0 Å². The van der Waals surface area contributed by atoms with Gasteiger partial charge in [0, 0.05) is 44.1 Å². The third-order valence-electron chi connectivity index (χ3n) is 6.24. The molecular formula is C19H24F3N3O2. The molecule has 27 heavy (non-hydrogen) atoms. The quantitative estimate of drug-likeness (QED) is 0.850. The van der Waals surface area contributed by atoms with E-state index in [1.807, 2.05) is 19.1 Å². The summed E-state index contributed by atoms with van der Waals surface area (Å²) in [5, 5.41) is 2.70. The van der Waals surface area contributed by atoms with Crippen LogP contribution in [0.5, 0.6) is 0 Å². The third-order valence-corrected chi connectivity index (χ3v) is 6.24. The first-order chi connectivity index (χ1) is 12.8. The molecule has 1 spiro atoms. The van der Waals surface area contributed by atoms with Gasteiger partial charge in [-0.3, -0.25) is 4.79 Å². The van der Waals surface area contributed by atoms with E-state index in [1.54, 1.807) is 6.20 Å². The molecule has 3 aliphatic rings. The normalized spacial score (nSPS) is 32.0. The number of aryl methyl sites for hydroxylation is 1. The lowest BCUT2D eigenvalue weighted by atomic mass is 9.73. The van der Waals surface area contributed by atoms with Crippen molar-refractivity contribution in [2.24, 2.45) is 11.8 Å². The number of nitrogens with zero attached hydrogens (tertiary/aromatic N) is 2. The zero-order valence-electron chi connectivity index (χ0n) is 15.3. The van der Waals surface area contributed by atoms with Crippen molar-refractivity contribution in [3.05, 3.63) is 23.9 Å². The van der Waals surface area contributed by atoms with Crippen molar-refractivity contribution in [1.82, 2.24) is 10.3 Å². The fourth-order valence-corrected chi connectivity index (χ4v) is 5.01. The minimum absolute atomic E-state index is 0.0879. The van der Waals surface area contributed by atoms with Gasteiger partial charge in [0.15, 0.2) is 0 Å². The lowest BCUT2D eigenvalue weighted by Crippen LogP contribution is -2.42. The number of rotatable bonds is 5. The molecule has 0 saturated carbocycles. The predicted molar refractivity (Wildman–Crippen MR) is 93.3 cm³/mol. The van der Waals surface area contributed by atoms with Crippen LogP contribution in [0.1, 0.15) is 31.2 Å². The van der Waals surface area contributed by atoms with Crippen LogP contribution in [-0.2, 0) is 9.53 Å². The summed E-state index contributed by atoms with van der Waals surface area (Å²) < 4.78 is 43.2. The molecule has 0 aliphatic carbocycles. The van der Waals surface area contributed by atoms with Crippen LogP contribution in [-0.4, -0.2) is 48.4 Å². The molecule has 0 unspecified atom stereocenters. The number of pyridine rings is 1. The summed E-state index contributed by atoms with van der Waals surface area (Å²) in [6, 6.07) is 3.94. The molecule has 3 saturated heterocycles. The number of anilines is 1. The first kappa shape index (κ1) is 18.5. The summed E-state index contributed by atoms with van der Waals surface area (Å²) in [6.07, 6.45) is -2.10. The Morgan fingerprint density at radius 2 is 2.30 bits per heavy atom. The van der Waals surface area contributed by atoms with E-state index in [4.69, 9.17) is 4.74 Å². The number of halogens is 3. The van der Waals surface area contributed by atoms with E-state index in [2.05, 4.69) is 15.2 Å². The number of hydrogen-bond donors (Lipinski definition) is 1. The van der Waals surface area contributed by atoms with Crippen molar-refractivity contribution < 1.29 is 22.7 Å². The molecule has 3 aliphatic heterocycles. The van der Waals surface area contributed by atoms with E-state index in [0.717, 1.165) is 37.3 Å². The number of alkyl halides is 3. The number of carbonyl (C=O) groups excluding carboxylic acids is 1. The second kappa shape index (κ2) is 6.65. The Bertz CT molecular complexity index is 726. The van der Waals surface area contributed by atoms with Gasteiger partial charge in [-0.1, -0.05) is 6.07 Å². The standard InChI is InChI=1S/C19H24F3N3O2/c1-12-3-2-8-23-17(12)25-10-14-13(15-4-6-18(14,11-25)27-15)9-24-16(26)5-7-19(20,21)22/h2-3,8,13-15H,4-7,9-11H2,1H3,(H,24,26)/t13-,14+,15+,18+/m0/s1. The molecule has 4 atom stereocenters. The van der Waals surface area contributed by atoms with E-state index in [1.165, 1.54) is 0 Å². The van der Waals surface area contributed by atoms with Crippen molar-refractivity contribution in [2.45, 2.75) is 50.5 Å². The highest BCUT2D eigenvalue weighted by Crippen LogP contribution is 2.55. The Hall–Kier alpha value is -1.83. The molecule has 4 rings (SSSR count). The van der Waals surface area contributed by atoms with Crippen molar-refractivity contribution in [2.75, 3.05) is 24.5 Å². The van der Waals surface area contributed by atoms with Crippen molar-refractivity contribution in [3.63, 3.8) is 0 Å². The van der Waals surface area contributed by atoms with Crippen molar-refractivity contribution >= 4 is 11.7 Å². The SMILES string of the molecule is Cc1cccnc1N1C[C@@H]2[C@H](CNC(=O)CCC(F)(F)F)[C@H]3CC[C@]2(C1)O3. The van der Waals surface area contributed by atoms with Crippen LogP contribution in [0.4, 0.5) is 19.0 Å². The van der Waals surface area contributed by atoms with E-state index in [9.17, 15) is 18.0 Å². The predicted octanol–water partition coefficient (Wildman–Crippen LogP) is 2.83. The second-order valence-corrected chi connectivity index (χ2v) is 7.97. The number of hydrogen-bond acceptors (Lipinski definition) is 4. The first-order valence-electron chi connectivity index (χ1n) is 9.45. The van der Waals surface area contributed by atoms with E-state index in [0.29, 0.717) is 6.54 Å². The number of fused-ring (bicyclic) bond motifs is 1. The third kappa shape index (κ3) is 3.51. The molecule has 148 valence electrons. The second-order valence-electron chi connectivity index (χ2n) is 7.97. The summed E-state index contributed by atoms with van der Waals surface area (Å²) in [5.74, 6) is 0.823. The summed E-state index contributed by atoms with van der Waals surface area (Å²) in [5.41, 5.74) is 0.899. The maximum Gasteiger partial charge on any atom is 0.389 e. The smallest absolute Gasteiger partial charge is 0.369 e. The Balaban J connectivity index is 1.40. The summed E-state index contributed by atoms with van der Waals surface area (Å²) in [4.78, 5) is 18.6. The van der Waals surface area contributed by atoms with Gasteiger partial charge >= 0.3 is 6.18 Å². The molecule has 0 aromatic carbocycles. The summed E-state index contributed by atoms with van der Waals surface area (Å²) >= 11 is 0. The fourth-order valence-electron chi connectivity index (χ4n) is 5.01. The van der Waals surface area contributed by atoms with Gasteiger partial charge in [-0.05, 0) is 31.4 Å². The van der Waals surface area contributed by atoms with E-state index in [-0.39, 0.29) is 23.5 Å². The average molecular weight is 383 g/mol. The zero-order valence-corrected chi connectivity index (χ0v) is 15.3. The molecule has 4 heterocycles. The van der Waals surface area contributed by atoms with E-state index >= 15 is 0 Å². The lowest BCUT2D eigenvalue weighted by Gasteiger charge is -2.29. The molecule has 1 aromatic rings. The number of amides is 1. The molecule has 8 heteroatoms. The Kier molecular flexibility index (Phi) is 4.56. The van der Waals surface area contributed by atoms with Crippen molar-refractivity contribution in [3.8, 4) is 0 Å². The summed E-state index contributed by atoms with van der Waals surface area (Å²) in [6.45, 7) is 4.00. The van der Waals surface area contributed by atoms with Crippen LogP contribution < -0.4 is 10.2 Å². The van der Waals surface area contributed by atoms with Gasteiger partial charge in [-0.2, -0.15) is 13.2 Å². The van der Waals surface area contributed by atoms with E-state index < -0.39 is 24.9 Å². The average Bonchev–Trinajstić information content (AvgIpc) is 3.26. The minimum atomic E-state index is -4.30. The van der Waals surface area contributed by atoms with Gasteiger partial charge in [-0.25, -0.2) is 4.98 Å². The molecular weight excluding hydrogens is 359 g/mol. The highest BCUT2D eigenvalue weighted by atomic mass is 19.4. The highest BCUT2D eigenvalue weighted by molar-refractivity contribution is 5.75. The minimum Gasteiger partial charge on any atom is -0.369 e. The van der Waals surface area contributed by atoms with Gasteiger partial charge in [0.1, 0.15) is 5.82 Å². The van der Waals surface area contributed by atoms with Crippen LogP contribution in [0.25, 0.3) is 0 Å². The molecule has 5 nitrogen and oxygen atoms in total. The monoisotopic (exact) mass is 383 g/mol. The lowest BCUT2D eigenvalue weighted by molar-refractivity contribution is -0.144. The Morgan fingerprint density at radius 3 is 3.04 bits per heavy atom. The van der Waals surface area contributed by atoms with Gasteiger partial charge in [0.2, 0.25) is 5.91 Å². The van der Waals surface area contributed by atoms with Gasteiger partial charge in [-0.15, -0.1) is 0 Å². The Morgan fingerprint density at radius 1 is 1.48 bits per heavy atom. The zero-order chi connectivity index (χ0) is 19.2. The van der Waals surface area contributed by atoms with Gasteiger partial charge < -0.3 is 15.0 Å². The van der Waals surface area contributed by atoms with Gasteiger partial charge in [0.25, 0.3) is 0 Å². The fraction of sp³-hybridized carbons (Fsp3) is 0.684. The molecule has 0 radical (unpaired) electrons. The Labute approximate surface area is 156 Å².